The van der Waals surface area contributed by atoms with Gasteiger partial charge in [-0.1, -0.05) is 12.1 Å². The van der Waals surface area contributed by atoms with E-state index in [2.05, 4.69) is 17.2 Å². The minimum atomic E-state index is -3.61. The van der Waals surface area contributed by atoms with E-state index in [9.17, 15) is 8.42 Å². The number of primary sulfonamides is 1. The fourth-order valence-electron chi connectivity index (χ4n) is 1.54. The van der Waals surface area contributed by atoms with E-state index in [1.807, 2.05) is 13.8 Å². The Morgan fingerprint density at radius 1 is 1.33 bits per heavy atom. The van der Waals surface area contributed by atoms with E-state index in [0.717, 1.165) is 18.5 Å². The number of hydrogen-bond donors (Lipinski definition) is 2. The van der Waals surface area contributed by atoms with Gasteiger partial charge in [-0.05, 0) is 31.5 Å². The molecule has 0 aliphatic rings. The van der Waals surface area contributed by atoms with Crippen LogP contribution >= 0.6 is 0 Å². The molecule has 3 N–H and O–H groups in total. The lowest BCUT2D eigenvalue weighted by atomic mass is 10.1. The molecule has 0 aliphatic carbocycles. The maximum absolute atomic E-state index is 11.1. The van der Waals surface area contributed by atoms with E-state index in [0.29, 0.717) is 0 Å². The number of benzene rings is 1. The first-order chi connectivity index (χ1) is 8.45. The molecule has 1 rings (SSSR count). The van der Waals surface area contributed by atoms with Crippen LogP contribution in [0.15, 0.2) is 29.2 Å². The third-order valence-corrected chi connectivity index (χ3v) is 3.52. The van der Waals surface area contributed by atoms with Crippen molar-refractivity contribution in [2.24, 2.45) is 5.14 Å². The highest BCUT2D eigenvalue weighted by Crippen LogP contribution is 2.15. The van der Waals surface area contributed by atoms with Gasteiger partial charge in [0, 0.05) is 19.0 Å². The molecule has 18 heavy (non-hydrogen) atoms. The molecule has 0 radical (unpaired) electrons. The molecule has 0 saturated heterocycles. The number of rotatable bonds is 5. The standard InChI is InChI=1S/C13H18N2O2S/c1-3-4-5-10-15-11(2)12-6-8-13(9-7-12)18(14,16)17/h6-9,11,15H,5,10H2,1-2H3,(H2,14,16,17). The van der Waals surface area contributed by atoms with Crippen molar-refractivity contribution in [1.82, 2.24) is 5.32 Å². The normalized spacial score (nSPS) is 12.6. The summed E-state index contributed by atoms with van der Waals surface area (Å²) < 4.78 is 22.2. The second kappa shape index (κ2) is 6.55. The van der Waals surface area contributed by atoms with E-state index in [-0.39, 0.29) is 10.9 Å². The molecule has 4 nitrogen and oxygen atoms in total. The molecule has 0 amide bonds. The summed E-state index contributed by atoms with van der Waals surface area (Å²) in [5, 5.41) is 8.35. The Morgan fingerprint density at radius 2 is 1.94 bits per heavy atom. The van der Waals surface area contributed by atoms with E-state index in [1.54, 1.807) is 12.1 Å². The molecule has 0 heterocycles. The zero-order chi connectivity index (χ0) is 13.6. The lowest BCUT2D eigenvalue weighted by Crippen LogP contribution is -2.19. The van der Waals surface area contributed by atoms with Gasteiger partial charge in [-0.25, -0.2) is 13.6 Å². The lowest BCUT2D eigenvalue weighted by Gasteiger charge is -2.13. The molecule has 98 valence electrons. The van der Waals surface area contributed by atoms with Crippen molar-refractivity contribution >= 4 is 10.0 Å². The van der Waals surface area contributed by atoms with Gasteiger partial charge in [0.25, 0.3) is 0 Å². The van der Waals surface area contributed by atoms with Crippen LogP contribution in [0.4, 0.5) is 0 Å². The third-order valence-electron chi connectivity index (χ3n) is 2.59. The van der Waals surface area contributed by atoms with Gasteiger partial charge >= 0.3 is 0 Å². The zero-order valence-corrected chi connectivity index (χ0v) is 11.4. The van der Waals surface area contributed by atoms with Crippen LogP contribution in [-0.4, -0.2) is 15.0 Å². The average molecular weight is 266 g/mol. The molecular weight excluding hydrogens is 248 g/mol. The van der Waals surface area contributed by atoms with Crippen LogP contribution in [-0.2, 0) is 10.0 Å². The third kappa shape index (κ3) is 4.49. The first-order valence-electron chi connectivity index (χ1n) is 5.71. The van der Waals surface area contributed by atoms with Gasteiger partial charge in [0.2, 0.25) is 10.0 Å². The van der Waals surface area contributed by atoms with Crippen LogP contribution in [0.3, 0.4) is 0 Å². The monoisotopic (exact) mass is 266 g/mol. The van der Waals surface area contributed by atoms with E-state index in [1.165, 1.54) is 12.1 Å². The second-order valence-electron chi connectivity index (χ2n) is 3.97. The van der Waals surface area contributed by atoms with Crippen molar-refractivity contribution in [1.29, 1.82) is 0 Å². The Hall–Kier alpha value is -1.35. The first kappa shape index (κ1) is 14.7. The van der Waals surface area contributed by atoms with Crippen LogP contribution in [0.2, 0.25) is 0 Å². The van der Waals surface area contributed by atoms with Crippen molar-refractivity contribution in [3.8, 4) is 11.8 Å². The topological polar surface area (TPSA) is 72.2 Å². The van der Waals surface area contributed by atoms with Crippen molar-refractivity contribution in [2.75, 3.05) is 6.54 Å². The molecule has 1 aromatic rings. The number of nitrogens with two attached hydrogens (primary N) is 1. The first-order valence-corrected chi connectivity index (χ1v) is 7.25. The molecule has 5 heteroatoms. The van der Waals surface area contributed by atoms with Gasteiger partial charge in [0.1, 0.15) is 0 Å². The molecule has 0 spiro atoms. The predicted octanol–water partition coefficient (Wildman–Crippen LogP) is 1.40. The maximum atomic E-state index is 11.1. The minimum Gasteiger partial charge on any atom is -0.309 e. The predicted molar refractivity (Wildman–Crippen MR) is 72.3 cm³/mol. The fourth-order valence-corrected chi connectivity index (χ4v) is 2.06. The zero-order valence-electron chi connectivity index (χ0n) is 10.6. The molecular formula is C13H18N2O2S. The second-order valence-corrected chi connectivity index (χ2v) is 5.53. The van der Waals surface area contributed by atoms with Crippen LogP contribution < -0.4 is 10.5 Å². The van der Waals surface area contributed by atoms with Crippen LogP contribution in [0.1, 0.15) is 31.9 Å². The number of sulfonamides is 1. The highest BCUT2D eigenvalue weighted by atomic mass is 32.2. The summed E-state index contributed by atoms with van der Waals surface area (Å²) in [6.07, 6.45) is 0.802. The Kier molecular flexibility index (Phi) is 5.35. The van der Waals surface area contributed by atoms with Gasteiger partial charge in [-0.2, -0.15) is 0 Å². The van der Waals surface area contributed by atoms with Gasteiger partial charge < -0.3 is 5.32 Å². The van der Waals surface area contributed by atoms with Crippen LogP contribution in [0.25, 0.3) is 0 Å². The summed E-state index contributed by atoms with van der Waals surface area (Å²) in [7, 11) is -3.61. The summed E-state index contributed by atoms with van der Waals surface area (Å²) in [5.41, 5.74) is 1.02. The van der Waals surface area contributed by atoms with Crippen molar-refractivity contribution < 1.29 is 8.42 Å². The van der Waals surface area contributed by atoms with Crippen LogP contribution in [0.5, 0.6) is 0 Å². The Labute approximate surface area is 109 Å². The van der Waals surface area contributed by atoms with Crippen molar-refractivity contribution in [2.45, 2.75) is 31.2 Å². The van der Waals surface area contributed by atoms with Crippen molar-refractivity contribution in [3.63, 3.8) is 0 Å². The van der Waals surface area contributed by atoms with Crippen molar-refractivity contribution in [3.05, 3.63) is 29.8 Å². The Morgan fingerprint density at radius 3 is 2.44 bits per heavy atom. The largest absolute Gasteiger partial charge is 0.309 e. The summed E-state index contributed by atoms with van der Waals surface area (Å²) in [4.78, 5) is 0.135. The Balaban J connectivity index is 2.64. The molecule has 0 bridgehead atoms. The van der Waals surface area contributed by atoms with Gasteiger partial charge in [-0.3, -0.25) is 0 Å². The quantitative estimate of drug-likeness (QED) is 0.625. The smallest absolute Gasteiger partial charge is 0.238 e. The minimum absolute atomic E-state index is 0.135. The summed E-state index contributed by atoms with van der Waals surface area (Å²) in [5.74, 6) is 5.81. The lowest BCUT2D eigenvalue weighted by molar-refractivity contribution is 0.582. The van der Waals surface area contributed by atoms with Gasteiger partial charge in [0.05, 0.1) is 4.90 Å². The van der Waals surface area contributed by atoms with E-state index in [4.69, 9.17) is 5.14 Å². The van der Waals surface area contributed by atoms with Gasteiger partial charge in [-0.15, -0.1) is 11.8 Å². The summed E-state index contributed by atoms with van der Waals surface area (Å²) in [6, 6.07) is 6.73. The average Bonchev–Trinajstić information content (AvgIpc) is 2.33. The number of nitrogens with one attached hydrogen (secondary N) is 1. The van der Waals surface area contributed by atoms with Gasteiger partial charge in [0.15, 0.2) is 0 Å². The SMILES string of the molecule is CC#CCCNC(C)c1ccc(S(N)(=O)=O)cc1. The molecule has 0 aliphatic heterocycles. The highest BCUT2D eigenvalue weighted by molar-refractivity contribution is 7.89. The highest BCUT2D eigenvalue weighted by Gasteiger charge is 2.09. The fraction of sp³-hybridized carbons (Fsp3) is 0.385. The maximum Gasteiger partial charge on any atom is 0.238 e. The molecule has 1 unspecified atom stereocenters. The summed E-state index contributed by atoms with van der Waals surface area (Å²) >= 11 is 0. The molecule has 0 aromatic heterocycles. The summed E-state index contributed by atoms with van der Waals surface area (Å²) in [6.45, 7) is 4.64. The number of hydrogen-bond acceptors (Lipinski definition) is 3. The Bertz CT molecular complexity index is 539. The van der Waals surface area contributed by atoms with E-state index < -0.39 is 10.0 Å². The van der Waals surface area contributed by atoms with E-state index >= 15 is 0 Å². The molecule has 1 aromatic carbocycles. The van der Waals surface area contributed by atoms with Crippen LogP contribution in [0, 0.1) is 11.8 Å². The molecule has 0 saturated carbocycles. The molecule has 0 fully saturated rings. The molecule has 1 atom stereocenters.